The Morgan fingerprint density at radius 2 is 2.09 bits per heavy atom. The number of methoxy groups -OCH3 is 1. The number of ether oxygens (including phenoxy) is 2. The van der Waals surface area contributed by atoms with Crippen LogP contribution in [-0.4, -0.2) is 70.9 Å². The van der Waals surface area contributed by atoms with Crippen LogP contribution in [0.3, 0.4) is 0 Å². The van der Waals surface area contributed by atoms with E-state index in [0.717, 1.165) is 34.1 Å². The van der Waals surface area contributed by atoms with Crippen LogP contribution in [0.15, 0.2) is 30.6 Å². The summed E-state index contributed by atoms with van der Waals surface area (Å²) in [4.78, 5) is 23.1. The molecule has 0 radical (unpaired) electrons. The van der Waals surface area contributed by atoms with E-state index in [1.807, 2.05) is 42.9 Å². The molecule has 0 saturated carbocycles. The van der Waals surface area contributed by atoms with Gasteiger partial charge in [-0.15, -0.1) is 0 Å². The number of aryl methyl sites for hydroxylation is 1. The summed E-state index contributed by atoms with van der Waals surface area (Å²) in [6.07, 6.45) is 4.38. The molecule has 0 aromatic carbocycles. The number of fused-ring (bicyclic) bond motifs is 1. The minimum atomic E-state index is -0.963. The highest BCUT2D eigenvalue weighted by molar-refractivity contribution is 5.92. The first kappa shape index (κ1) is 22.0. The predicted octanol–water partition coefficient (Wildman–Crippen LogP) is 2.08. The number of carbonyl (C=O) groups excluding carboxylic acids is 1. The van der Waals surface area contributed by atoms with E-state index in [1.54, 1.807) is 13.3 Å². The van der Waals surface area contributed by atoms with Gasteiger partial charge >= 0.3 is 0 Å². The van der Waals surface area contributed by atoms with Gasteiger partial charge in [0, 0.05) is 69.6 Å². The molecule has 0 unspecified atom stereocenters. The summed E-state index contributed by atoms with van der Waals surface area (Å²) in [6, 6.07) is 5.86. The molecule has 2 saturated heterocycles. The molecule has 3 aromatic heterocycles. The molecule has 3 aromatic rings. The summed E-state index contributed by atoms with van der Waals surface area (Å²) < 4.78 is 13.5. The van der Waals surface area contributed by atoms with Crippen LogP contribution in [0.25, 0.3) is 16.7 Å². The Hall–Kier alpha value is -2.85. The standard InChI is InChI=1S/C24H29N5O4/c1-15-7-20(24(32-4)5-6-33-14-24)27-22(8-15)29-11-18(23(31)12-28(3)13-23)17-10-25-21(9-19(17)29)26-16(2)30/h7-11,31H,5-6,12-14H2,1-4H3,(H,25,26,30)/t24-/m0/s1. The maximum absolute atomic E-state index is 11.6. The van der Waals surface area contributed by atoms with Crippen molar-refractivity contribution >= 4 is 22.6 Å². The van der Waals surface area contributed by atoms with E-state index in [0.29, 0.717) is 37.9 Å². The number of likely N-dealkylation sites (N-methyl/N-ethyl adjacent to an activating group) is 1. The molecule has 0 bridgehead atoms. The first-order valence-corrected chi connectivity index (χ1v) is 11.1. The lowest BCUT2D eigenvalue weighted by Gasteiger charge is -2.44. The Morgan fingerprint density at radius 3 is 2.73 bits per heavy atom. The lowest BCUT2D eigenvalue weighted by molar-refractivity contribution is -0.114. The highest BCUT2D eigenvalue weighted by atomic mass is 16.5. The number of hydrogen-bond acceptors (Lipinski definition) is 7. The van der Waals surface area contributed by atoms with Gasteiger partial charge in [0.25, 0.3) is 0 Å². The number of rotatable bonds is 5. The summed E-state index contributed by atoms with van der Waals surface area (Å²) in [5.41, 5.74) is 1.93. The maximum Gasteiger partial charge on any atom is 0.222 e. The second-order valence-corrected chi connectivity index (χ2v) is 9.27. The highest BCUT2D eigenvalue weighted by Gasteiger charge is 2.43. The monoisotopic (exact) mass is 451 g/mol. The molecule has 2 aliphatic rings. The predicted molar refractivity (Wildman–Crippen MR) is 123 cm³/mol. The minimum absolute atomic E-state index is 0.196. The Labute approximate surface area is 192 Å². The summed E-state index contributed by atoms with van der Waals surface area (Å²) >= 11 is 0. The second kappa shape index (κ2) is 7.88. The Kier molecular flexibility index (Phi) is 5.24. The van der Waals surface area contributed by atoms with E-state index in [4.69, 9.17) is 14.5 Å². The van der Waals surface area contributed by atoms with Gasteiger partial charge < -0.3 is 24.5 Å². The number of pyridine rings is 2. The summed E-state index contributed by atoms with van der Waals surface area (Å²) in [5, 5.41) is 14.9. The van der Waals surface area contributed by atoms with E-state index in [1.165, 1.54) is 6.92 Å². The van der Waals surface area contributed by atoms with E-state index in [-0.39, 0.29) is 5.91 Å². The minimum Gasteiger partial charge on any atom is -0.382 e. The number of aromatic nitrogens is 3. The molecule has 33 heavy (non-hydrogen) atoms. The molecular weight excluding hydrogens is 422 g/mol. The Bertz CT molecular complexity index is 1230. The average molecular weight is 452 g/mol. The molecule has 1 amide bonds. The molecular formula is C24H29N5O4. The fraction of sp³-hybridized carbons (Fsp3) is 0.458. The zero-order valence-electron chi connectivity index (χ0n) is 19.4. The van der Waals surface area contributed by atoms with Crippen molar-refractivity contribution in [2.45, 2.75) is 31.5 Å². The summed E-state index contributed by atoms with van der Waals surface area (Å²) in [5.74, 6) is 0.962. The third-order valence-corrected chi connectivity index (χ3v) is 6.60. The largest absolute Gasteiger partial charge is 0.382 e. The molecule has 0 aliphatic carbocycles. The average Bonchev–Trinajstić information content (AvgIpc) is 3.37. The van der Waals surface area contributed by atoms with Crippen LogP contribution in [0, 0.1) is 6.92 Å². The number of nitrogens with one attached hydrogen (secondary N) is 1. The van der Waals surface area contributed by atoms with Gasteiger partial charge in [0.2, 0.25) is 5.91 Å². The molecule has 9 nitrogen and oxygen atoms in total. The van der Waals surface area contributed by atoms with Crippen molar-refractivity contribution in [2.75, 3.05) is 45.8 Å². The lowest BCUT2D eigenvalue weighted by atomic mass is 9.87. The van der Waals surface area contributed by atoms with Crippen molar-refractivity contribution in [1.82, 2.24) is 19.4 Å². The number of amides is 1. The fourth-order valence-corrected chi connectivity index (χ4v) is 4.97. The smallest absolute Gasteiger partial charge is 0.222 e. The van der Waals surface area contributed by atoms with Crippen LogP contribution >= 0.6 is 0 Å². The summed E-state index contributed by atoms with van der Waals surface area (Å²) in [7, 11) is 3.67. The van der Waals surface area contributed by atoms with Crippen LogP contribution < -0.4 is 5.32 Å². The number of hydrogen-bond donors (Lipinski definition) is 2. The molecule has 9 heteroatoms. The lowest BCUT2D eigenvalue weighted by Crippen LogP contribution is -2.57. The highest BCUT2D eigenvalue weighted by Crippen LogP contribution is 2.39. The van der Waals surface area contributed by atoms with Crippen molar-refractivity contribution in [1.29, 1.82) is 0 Å². The number of aliphatic hydroxyl groups is 1. The molecule has 1 atom stereocenters. The van der Waals surface area contributed by atoms with Crippen LogP contribution in [0.5, 0.6) is 0 Å². The van der Waals surface area contributed by atoms with Crippen LogP contribution in [-0.2, 0) is 25.5 Å². The van der Waals surface area contributed by atoms with Gasteiger partial charge in [-0.05, 0) is 31.7 Å². The van der Waals surface area contributed by atoms with Crippen LogP contribution in [0.1, 0.15) is 30.2 Å². The number of likely N-dealkylation sites (tertiary alicyclic amines) is 1. The van der Waals surface area contributed by atoms with Gasteiger partial charge in [0.15, 0.2) is 0 Å². The number of anilines is 1. The third kappa shape index (κ3) is 3.71. The fourth-order valence-electron chi connectivity index (χ4n) is 4.97. The molecule has 2 aliphatic heterocycles. The van der Waals surface area contributed by atoms with Crippen LogP contribution in [0.4, 0.5) is 5.82 Å². The quantitative estimate of drug-likeness (QED) is 0.612. The molecule has 2 fully saturated rings. The number of carbonyl (C=O) groups is 1. The van der Waals surface area contributed by atoms with Crippen molar-refractivity contribution in [3.8, 4) is 5.82 Å². The van der Waals surface area contributed by atoms with E-state index < -0.39 is 11.2 Å². The second-order valence-electron chi connectivity index (χ2n) is 9.27. The van der Waals surface area contributed by atoms with Gasteiger partial charge in [-0.2, -0.15) is 0 Å². The molecule has 5 heterocycles. The Morgan fingerprint density at radius 1 is 1.30 bits per heavy atom. The van der Waals surface area contributed by atoms with Gasteiger partial charge in [-0.1, -0.05) is 0 Å². The zero-order chi connectivity index (χ0) is 23.4. The van der Waals surface area contributed by atoms with Gasteiger partial charge in [-0.25, -0.2) is 9.97 Å². The molecule has 5 rings (SSSR count). The zero-order valence-corrected chi connectivity index (χ0v) is 19.4. The SMILES string of the molecule is CO[C@@]1(c2cc(C)cc(-n3cc(C4(O)CN(C)C4)c4cnc(NC(C)=O)cc43)n2)CCOC1. The summed E-state index contributed by atoms with van der Waals surface area (Å²) in [6.45, 7) is 5.64. The third-order valence-electron chi connectivity index (χ3n) is 6.60. The first-order chi connectivity index (χ1) is 15.7. The van der Waals surface area contributed by atoms with Crippen molar-refractivity contribution in [3.63, 3.8) is 0 Å². The van der Waals surface area contributed by atoms with E-state index in [2.05, 4.69) is 15.2 Å². The number of β-amino-alcohol motifs (C(OH)–C–C–N with tert-alkyl or cyclic N) is 1. The Balaban J connectivity index is 1.69. The van der Waals surface area contributed by atoms with Crippen molar-refractivity contribution < 1.29 is 19.4 Å². The van der Waals surface area contributed by atoms with Gasteiger partial charge in [0.1, 0.15) is 22.8 Å². The molecule has 174 valence electrons. The van der Waals surface area contributed by atoms with Gasteiger partial charge in [0.05, 0.1) is 17.8 Å². The topological polar surface area (TPSA) is 102 Å². The maximum atomic E-state index is 11.6. The van der Waals surface area contributed by atoms with Gasteiger partial charge in [-0.3, -0.25) is 9.69 Å². The first-order valence-electron chi connectivity index (χ1n) is 11.1. The van der Waals surface area contributed by atoms with E-state index >= 15 is 0 Å². The van der Waals surface area contributed by atoms with E-state index in [9.17, 15) is 9.90 Å². The molecule has 0 spiro atoms. The van der Waals surface area contributed by atoms with Crippen molar-refractivity contribution in [3.05, 3.63) is 47.4 Å². The molecule has 2 N–H and O–H groups in total. The van der Waals surface area contributed by atoms with Crippen molar-refractivity contribution in [2.24, 2.45) is 0 Å². The normalized spacial score (nSPS) is 22.5. The number of nitrogens with zero attached hydrogens (tertiary/aromatic N) is 4. The van der Waals surface area contributed by atoms with Crippen LogP contribution in [0.2, 0.25) is 0 Å².